The maximum Gasteiger partial charge on any atom is 0.305 e. The van der Waals surface area contributed by atoms with Gasteiger partial charge in [-0.2, -0.15) is 0 Å². The van der Waals surface area contributed by atoms with E-state index < -0.39 is 5.91 Å². The summed E-state index contributed by atoms with van der Waals surface area (Å²) in [6.07, 6.45) is 2.80. The number of benzene rings is 3. The van der Waals surface area contributed by atoms with Crippen molar-refractivity contribution in [2.75, 3.05) is 41.0 Å². The van der Waals surface area contributed by atoms with Gasteiger partial charge in [0.05, 0.1) is 31.4 Å². The first-order valence-corrected chi connectivity index (χ1v) is 14.0. The fourth-order valence-corrected chi connectivity index (χ4v) is 4.63. The summed E-state index contributed by atoms with van der Waals surface area (Å²) in [7, 11) is 5.45. The Balaban J connectivity index is 1.34. The van der Waals surface area contributed by atoms with Crippen LogP contribution in [0.4, 0.5) is 0 Å². The molecule has 0 radical (unpaired) electrons. The number of para-hydroxylation sites is 1. The normalized spacial score (nSPS) is 11.0. The standard InChI is InChI=1S/C33H37N3O6/c1-36(2)20-8-11-29(37)42-22-7-6-21-41-26-18-16-24(17-19-26)23-12-14-25(15-13-23)31-32(40-3)30(33(38)35-39)27-9-4-5-10-28(27)34-31/h4-5,9-10,12-19,39H,6-8,11,20-22H2,1-3H3,(H,35,38). The smallest absolute Gasteiger partial charge is 0.305 e. The monoisotopic (exact) mass is 571 g/mol. The lowest BCUT2D eigenvalue weighted by Crippen LogP contribution is -2.20. The number of rotatable bonds is 14. The van der Waals surface area contributed by atoms with Crippen LogP contribution in [0.3, 0.4) is 0 Å². The van der Waals surface area contributed by atoms with E-state index in [-0.39, 0.29) is 17.3 Å². The van der Waals surface area contributed by atoms with E-state index in [4.69, 9.17) is 19.2 Å². The van der Waals surface area contributed by atoms with Crippen LogP contribution in [0, 0.1) is 0 Å². The molecule has 0 saturated carbocycles. The van der Waals surface area contributed by atoms with Crippen molar-refractivity contribution in [1.29, 1.82) is 0 Å². The second-order valence-corrected chi connectivity index (χ2v) is 10.1. The van der Waals surface area contributed by atoms with E-state index in [2.05, 4.69) is 4.90 Å². The summed E-state index contributed by atoms with van der Waals surface area (Å²) < 4.78 is 16.7. The number of ether oxygens (including phenoxy) is 3. The van der Waals surface area contributed by atoms with Gasteiger partial charge in [-0.05, 0) is 69.2 Å². The summed E-state index contributed by atoms with van der Waals surface area (Å²) in [6.45, 7) is 1.83. The fourth-order valence-electron chi connectivity index (χ4n) is 4.63. The number of hydrogen-bond acceptors (Lipinski definition) is 8. The first-order chi connectivity index (χ1) is 20.4. The number of pyridine rings is 1. The van der Waals surface area contributed by atoms with Crippen molar-refractivity contribution in [2.24, 2.45) is 0 Å². The van der Waals surface area contributed by atoms with Crippen LogP contribution in [-0.2, 0) is 9.53 Å². The van der Waals surface area contributed by atoms with Crippen molar-refractivity contribution in [3.05, 3.63) is 78.4 Å². The number of hydroxylamine groups is 1. The van der Waals surface area contributed by atoms with E-state index in [0.29, 0.717) is 36.2 Å². The number of hydrogen-bond donors (Lipinski definition) is 2. The molecule has 2 N–H and O–H groups in total. The van der Waals surface area contributed by atoms with Gasteiger partial charge in [0.25, 0.3) is 5.91 Å². The Labute approximate surface area is 246 Å². The molecular weight excluding hydrogens is 534 g/mol. The highest BCUT2D eigenvalue weighted by molar-refractivity contribution is 6.10. The largest absolute Gasteiger partial charge is 0.494 e. The molecule has 220 valence electrons. The Bertz CT molecular complexity index is 1490. The minimum atomic E-state index is -0.666. The molecule has 1 heterocycles. The number of nitrogens with one attached hydrogen (secondary N) is 1. The van der Waals surface area contributed by atoms with Crippen molar-refractivity contribution >= 4 is 22.8 Å². The third-order valence-electron chi connectivity index (χ3n) is 6.78. The number of esters is 1. The molecule has 0 spiro atoms. The van der Waals surface area contributed by atoms with Crippen molar-refractivity contribution in [3.63, 3.8) is 0 Å². The Morgan fingerprint density at radius 1 is 0.857 bits per heavy atom. The molecule has 9 heteroatoms. The third-order valence-corrected chi connectivity index (χ3v) is 6.78. The number of aromatic nitrogens is 1. The number of carbonyl (C=O) groups excluding carboxylic acids is 2. The third kappa shape index (κ3) is 7.84. The number of carbonyl (C=O) groups is 2. The van der Waals surface area contributed by atoms with Crippen LogP contribution in [0.15, 0.2) is 72.8 Å². The zero-order chi connectivity index (χ0) is 29.9. The number of fused-ring (bicyclic) bond motifs is 1. The van der Waals surface area contributed by atoms with Gasteiger partial charge in [-0.3, -0.25) is 14.8 Å². The molecule has 0 aliphatic heterocycles. The van der Waals surface area contributed by atoms with E-state index >= 15 is 0 Å². The van der Waals surface area contributed by atoms with Crippen molar-refractivity contribution < 1.29 is 29.0 Å². The second-order valence-electron chi connectivity index (χ2n) is 10.1. The minimum absolute atomic E-state index is 0.145. The van der Waals surface area contributed by atoms with Crippen LogP contribution in [0.2, 0.25) is 0 Å². The van der Waals surface area contributed by atoms with E-state index in [1.54, 1.807) is 17.6 Å². The van der Waals surface area contributed by atoms with Gasteiger partial charge in [-0.25, -0.2) is 10.5 Å². The molecule has 4 rings (SSSR count). The zero-order valence-corrected chi connectivity index (χ0v) is 24.3. The number of unbranched alkanes of at least 4 members (excludes halogenated alkanes) is 1. The van der Waals surface area contributed by atoms with Gasteiger partial charge in [0.15, 0.2) is 5.75 Å². The average molecular weight is 572 g/mol. The molecular formula is C33H37N3O6. The first kappa shape index (κ1) is 30.5. The number of methoxy groups -OCH3 is 1. The van der Waals surface area contributed by atoms with Crippen LogP contribution in [0.1, 0.15) is 36.0 Å². The Hall–Kier alpha value is -4.47. The summed E-state index contributed by atoms with van der Waals surface area (Å²) in [5.41, 5.74) is 5.86. The number of nitrogens with zero attached hydrogens (tertiary/aromatic N) is 2. The lowest BCUT2D eigenvalue weighted by molar-refractivity contribution is -0.143. The molecule has 4 aromatic rings. The van der Waals surface area contributed by atoms with Gasteiger partial charge in [-0.1, -0.05) is 54.6 Å². The van der Waals surface area contributed by atoms with E-state index in [9.17, 15) is 14.8 Å². The summed E-state index contributed by atoms with van der Waals surface area (Å²) in [5, 5.41) is 9.93. The van der Waals surface area contributed by atoms with Crippen LogP contribution >= 0.6 is 0 Å². The van der Waals surface area contributed by atoms with Crippen LogP contribution in [0.25, 0.3) is 33.3 Å². The van der Waals surface area contributed by atoms with Gasteiger partial charge >= 0.3 is 5.97 Å². The molecule has 1 amide bonds. The minimum Gasteiger partial charge on any atom is -0.494 e. The Morgan fingerprint density at radius 3 is 2.17 bits per heavy atom. The second kappa shape index (κ2) is 15.0. The van der Waals surface area contributed by atoms with E-state index in [1.165, 1.54) is 7.11 Å². The molecule has 9 nitrogen and oxygen atoms in total. The molecule has 0 saturated heterocycles. The molecule has 0 fully saturated rings. The number of amides is 1. The fraction of sp³-hybridized carbons (Fsp3) is 0.303. The summed E-state index contributed by atoms with van der Waals surface area (Å²) in [5.74, 6) is 0.247. The summed E-state index contributed by atoms with van der Waals surface area (Å²) >= 11 is 0. The molecule has 0 atom stereocenters. The van der Waals surface area contributed by atoms with E-state index in [0.717, 1.165) is 48.2 Å². The molecule has 0 aliphatic carbocycles. The molecule has 42 heavy (non-hydrogen) atoms. The summed E-state index contributed by atoms with van der Waals surface area (Å²) in [6, 6.07) is 22.9. The van der Waals surface area contributed by atoms with Crippen molar-refractivity contribution in [1.82, 2.24) is 15.4 Å². The predicted molar refractivity (Wildman–Crippen MR) is 162 cm³/mol. The topological polar surface area (TPSA) is 110 Å². The van der Waals surface area contributed by atoms with Gasteiger partial charge in [0, 0.05) is 17.4 Å². The van der Waals surface area contributed by atoms with Gasteiger partial charge < -0.3 is 19.1 Å². The van der Waals surface area contributed by atoms with Crippen molar-refractivity contribution in [2.45, 2.75) is 25.7 Å². The highest BCUT2D eigenvalue weighted by atomic mass is 16.5. The van der Waals surface area contributed by atoms with Crippen LogP contribution < -0.4 is 15.0 Å². The van der Waals surface area contributed by atoms with Gasteiger partial charge in [0.1, 0.15) is 11.4 Å². The van der Waals surface area contributed by atoms with Crippen molar-refractivity contribution in [3.8, 4) is 33.9 Å². The average Bonchev–Trinajstić information content (AvgIpc) is 3.01. The highest BCUT2D eigenvalue weighted by Gasteiger charge is 2.22. The SMILES string of the molecule is COc1c(-c2ccc(-c3ccc(OCCCCOC(=O)CCCN(C)C)cc3)cc2)nc2ccccc2c1C(=O)NO. The maximum absolute atomic E-state index is 12.5. The Kier molecular flexibility index (Phi) is 10.9. The quantitative estimate of drug-likeness (QED) is 0.0853. The molecule has 1 aromatic heterocycles. The van der Waals surface area contributed by atoms with Gasteiger partial charge in [0.2, 0.25) is 0 Å². The lowest BCUT2D eigenvalue weighted by Gasteiger charge is -2.15. The predicted octanol–water partition coefficient (Wildman–Crippen LogP) is 5.74. The first-order valence-electron chi connectivity index (χ1n) is 14.0. The van der Waals surface area contributed by atoms with E-state index in [1.807, 2.05) is 74.8 Å². The molecule has 0 bridgehead atoms. The van der Waals surface area contributed by atoms with Gasteiger partial charge in [-0.15, -0.1) is 0 Å². The lowest BCUT2D eigenvalue weighted by atomic mass is 9.99. The van der Waals surface area contributed by atoms with Crippen LogP contribution in [0.5, 0.6) is 11.5 Å². The molecule has 3 aromatic carbocycles. The highest BCUT2D eigenvalue weighted by Crippen LogP contribution is 2.37. The summed E-state index contributed by atoms with van der Waals surface area (Å²) in [4.78, 5) is 31.1. The zero-order valence-electron chi connectivity index (χ0n) is 24.3. The Morgan fingerprint density at radius 2 is 1.50 bits per heavy atom. The molecule has 0 aliphatic rings. The maximum atomic E-state index is 12.5. The van der Waals surface area contributed by atoms with Crippen LogP contribution in [-0.4, -0.2) is 67.9 Å². The molecule has 0 unspecified atom stereocenters.